The van der Waals surface area contributed by atoms with Crippen molar-refractivity contribution in [3.63, 3.8) is 0 Å². The number of hydrogen-bond acceptors (Lipinski definition) is 2. The molecule has 0 fully saturated rings. The van der Waals surface area contributed by atoms with Crippen LogP contribution in [0.1, 0.15) is 16.7 Å². The smallest absolute Gasteiger partial charge is 0.125 e. The zero-order valence-electron chi connectivity index (χ0n) is 11.5. The fourth-order valence-corrected chi connectivity index (χ4v) is 2.86. The second kappa shape index (κ2) is 5.63. The molecule has 2 aromatic rings. The molecule has 1 aliphatic heterocycles. The Kier molecular flexibility index (Phi) is 3.70. The van der Waals surface area contributed by atoms with E-state index >= 15 is 0 Å². The lowest BCUT2D eigenvalue weighted by Gasteiger charge is -2.23. The van der Waals surface area contributed by atoms with Gasteiger partial charge in [-0.2, -0.15) is 0 Å². The van der Waals surface area contributed by atoms with Crippen molar-refractivity contribution in [1.29, 1.82) is 0 Å². The molecule has 0 atom stereocenters. The van der Waals surface area contributed by atoms with Crippen molar-refractivity contribution in [3.05, 3.63) is 65.0 Å². The molecular formula is C17H19FN2. The summed E-state index contributed by atoms with van der Waals surface area (Å²) >= 11 is 0. The molecule has 0 radical (unpaired) electrons. The van der Waals surface area contributed by atoms with Gasteiger partial charge in [-0.15, -0.1) is 0 Å². The number of rotatable bonds is 2. The van der Waals surface area contributed by atoms with E-state index in [1.165, 1.54) is 17.2 Å². The van der Waals surface area contributed by atoms with Crippen LogP contribution in [0, 0.1) is 5.82 Å². The molecule has 0 spiro atoms. The van der Waals surface area contributed by atoms with Crippen LogP contribution in [-0.4, -0.2) is 13.1 Å². The lowest BCUT2D eigenvalue weighted by atomic mass is 10.0. The van der Waals surface area contributed by atoms with Gasteiger partial charge in [0.2, 0.25) is 0 Å². The van der Waals surface area contributed by atoms with Crippen molar-refractivity contribution < 1.29 is 4.39 Å². The third kappa shape index (κ3) is 2.68. The largest absolute Gasteiger partial charge is 0.371 e. The van der Waals surface area contributed by atoms with Gasteiger partial charge in [-0.1, -0.05) is 24.3 Å². The predicted molar refractivity (Wildman–Crippen MR) is 80.4 cm³/mol. The van der Waals surface area contributed by atoms with Crippen LogP contribution in [0.2, 0.25) is 0 Å². The van der Waals surface area contributed by atoms with E-state index in [0.717, 1.165) is 37.2 Å². The van der Waals surface area contributed by atoms with Crippen molar-refractivity contribution in [2.45, 2.75) is 19.4 Å². The highest BCUT2D eigenvalue weighted by Gasteiger charge is 2.14. The Balaban J connectivity index is 1.85. The molecule has 2 N–H and O–H groups in total. The predicted octanol–water partition coefficient (Wildman–Crippen LogP) is 2.89. The summed E-state index contributed by atoms with van der Waals surface area (Å²) in [6, 6.07) is 13.7. The summed E-state index contributed by atoms with van der Waals surface area (Å²) < 4.78 is 13.7. The number of benzene rings is 2. The highest BCUT2D eigenvalue weighted by molar-refractivity contribution is 5.50. The van der Waals surface area contributed by atoms with E-state index in [0.29, 0.717) is 6.54 Å². The molecule has 0 bridgehead atoms. The summed E-state index contributed by atoms with van der Waals surface area (Å²) in [4.78, 5) is 2.25. The Morgan fingerprint density at radius 1 is 1.00 bits per heavy atom. The molecule has 0 aliphatic carbocycles. The van der Waals surface area contributed by atoms with Crippen molar-refractivity contribution in [2.75, 3.05) is 18.0 Å². The van der Waals surface area contributed by atoms with E-state index in [1.54, 1.807) is 6.07 Å². The average Bonchev–Trinajstić information content (AvgIpc) is 2.69. The third-order valence-corrected chi connectivity index (χ3v) is 3.96. The second-order valence-electron chi connectivity index (χ2n) is 5.28. The molecule has 104 valence electrons. The summed E-state index contributed by atoms with van der Waals surface area (Å²) in [5.41, 5.74) is 10.2. The number of fused-ring (bicyclic) bond motifs is 1. The van der Waals surface area contributed by atoms with Crippen molar-refractivity contribution in [3.8, 4) is 0 Å². The number of anilines is 1. The van der Waals surface area contributed by atoms with Gasteiger partial charge in [0.25, 0.3) is 0 Å². The maximum atomic E-state index is 13.7. The van der Waals surface area contributed by atoms with Crippen LogP contribution in [0.15, 0.2) is 42.5 Å². The maximum absolute atomic E-state index is 13.7. The Labute approximate surface area is 119 Å². The summed E-state index contributed by atoms with van der Waals surface area (Å²) in [5, 5.41) is 0. The molecule has 1 aliphatic rings. The van der Waals surface area contributed by atoms with E-state index in [-0.39, 0.29) is 5.82 Å². The van der Waals surface area contributed by atoms with E-state index in [9.17, 15) is 4.39 Å². The highest BCUT2D eigenvalue weighted by atomic mass is 19.1. The van der Waals surface area contributed by atoms with E-state index in [4.69, 9.17) is 5.73 Å². The normalized spacial score (nSPS) is 14.8. The number of hydrogen-bond donors (Lipinski definition) is 1. The molecule has 2 nitrogen and oxygen atoms in total. The Morgan fingerprint density at radius 3 is 2.25 bits per heavy atom. The van der Waals surface area contributed by atoms with Crippen LogP contribution < -0.4 is 10.6 Å². The number of nitrogens with two attached hydrogens (primary N) is 1. The summed E-state index contributed by atoms with van der Waals surface area (Å²) in [7, 11) is 0. The van der Waals surface area contributed by atoms with Crippen molar-refractivity contribution in [2.24, 2.45) is 5.73 Å². The zero-order chi connectivity index (χ0) is 13.9. The van der Waals surface area contributed by atoms with Gasteiger partial charge >= 0.3 is 0 Å². The molecule has 2 aromatic carbocycles. The quantitative estimate of drug-likeness (QED) is 0.909. The first-order chi connectivity index (χ1) is 9.76. The van der Waals surface area contributed by atoms with Crippen LogP contribution in [0.3, 0.4) is 0 Å². The van der Waals surface area contributed by atoms with Crippen molar-refractivity contribution >= 4 is 5.69 Å². The van der Waals surface area contributed by atoms with Gasteiger partial charge in [0, 0.05) is 25.3 Å². The second-order valence-corrected chi connectivity index (χ2v) is 5.28. The first-order valence-corrected chi connectivity index (χ1v) is 7.07. The SMILES string of the molecule is NCc1cc(F)cc(N2CCc3ccccc3CC2)c1. The monoisotopic (exact) mass is 270 g/mol. The standard InChI is InChI=1S/C17H19FN2/c18-16-9-13(12-19)10-17(11-16)20-7-5-14-3-1-2-4-15(14)6-8-20/h1-4,9-11H,5-8,12,19H2. The summed E-state index contributed by atoms with van der Waals surface area (Å²) in [6.45, 7) is 2.22. The minimum absolute atomic E-state index is 0.204. The minimum atomic E-state index is -0.204. The number of nitrogens with zero attached hydrogens (tertiary/aromatic N) is 1. The molecule has 1 heterocycles. The zero-order valence-corrected chi connectivity index (χ0v) is 11.5. The van der Waals surface area contributed by atoms with Gasteiger partial charge < -0.3 is 10.6 Å². The fraction of sp³-hybridized carbons (Fsp3) is 0.294. The molecule has 0 unspecified atom stereocenters. The first-order valence-electron chi connectivity index (χ1n) is 7.07. The molecule has 0 saturated carbocycles. The van der Waals surface area contributed by atoms with E-state index in [2.05, 4.69) is 29.2 Å². The average molecular weight is 270 g/mol. The van der Waals surface area contributed by atoms with E-state index in [1.807, 2.05) is 6.07 Å². The van der Waals surface area contributed by atoms with Gasteiger partial charge in [-0.3, -0.25) is 0 Å². The molecule has 3 heteroatoms. The first kappa shape index (κ1) is 13.1. The maximum Gasteiger partial charge on any atom is 0.125 e. The van der Waals surface area contributed by atoms with Gasteiger partial charge in [-0.25, -0.2) is 4.39 Å². The molecule has 0 saturated heterocycles. The van der Waals surface area contributed by atoms with Gasteiger partial charge in [0.05, 0.1) is 0 Å². The van der Waals surface area contributed by atoms with E-state index < -0.39 is 0 Å². The summed E-state index contributed by atoms with van der Waals surface area (Å²) in [6.07, 6.45) is 2.01. The summed E-state index contributed by atoms with van der Waals surface area (Å²) in [5.74, 6) is -0.204. The minimum Gasteiger partial charge on any atom is -0.371 e. The molecular weight excluding hydrogens is 251 g/mol. The van der Waals surface area contributed by atoms with Crippen LogP contribution in [-0.2, 0) is 19.4 Å². The highest BCUT2D eigenvalue weighted by Crippen LogP contribution is 2.23. The molecule has 0 amide bonds. The third-order valence-electron chi connectivity index (χ3n) is 3.96. The molecule has 20 heavy (non-hydrogen) atoms. The number of halogens is 1. The van der Waals surface area contributed by atoms with Crippen LogP contribution in [0.5, 0.6) is 0 Å². The van der Waals surface area contributed by atoms with Crippen LogP contribution >= 0.6 is 0 Å². The molecule has 0 aromatic heterocycles. The Hall–Kier alpha value is -1.87. The van der Waals surface area contributed by atoms with Gasteiger partial charge in [0.15, 0.2) is 0 Å². The van der Waals surface area contributed by atoms with Gasteiger partial charge in [-0.05, 0) is 47.7 Å². The van der Waals surface area contributed by atoms with Gasteiger partial charge in [0.1, 0.15) is 5.82 Å². The molecule has 3 rings (SSSR count). The van der Waals surface area contributed by atoms with Crippen LogP contribution in [0.25, 0.3) is 0 Å². The lowest BCUT2D eigenvalue weighted by molar-refractivity contribution is 0.624. The Bertz CT molecular complexity index is 583. The Morgan fingerprint density at radius 2 is 1.65 bits per heavy atom. The van der Waals surface area contributed by atoms with Crippen molar-refractivity contribution in [1.82, 2.24) is 0 Å². The fourth-order valence-electron chi connectivity index (χ4n) is 2.86. The van der Waals surface area contributed by atoms with Crippen LogP contribution in [0.4, 0.5) is 10.1 Å². The topological polar surface area (TPSA) is 29.3 Å². The lowest BCUT2D eigenvalue weighted by Crippen LogP contribution is -2.26.